The maximum Gasteiger partial charge on any atom is 0.493 e. The first-order valence-electron chi connectivity index (χ1n) is 11.8. The van der Waals surface area contributed by atoms with E-state index in [2.05, 4.69) is 13.8 Å². The lowest BCUT2D eigenvalue weighted by atomic mass is 9.76. The number of rotatable bonds is 4. The fourth-order valence-electron chi connectivity index (χ4n) is 4.67. The largest absolute Gasteiger partial charge is 0.493 e. The predicted octanol–water partition coefficient (Wildman–Crippen LogP) is 2.01. The highest BCUT2D eigenvalue weighted by Gasteiger charge is 2.60. The van der Waals surface area contributed by atoms with Gasteiger partial charge in [0.1, 0.15) is 12.2 Å². The van der Waals surface area contributed by atoms with Gasteiger partial charge in [-0.3, -0.25) is 0 Å². The summed E-state index contributed by atoms with van der Waals surface area (Å²) in [4.78, 5) is 13.1. The summed E-state index contributed by atoms with van der Waals surface area (Å²) in [7, 11) is -0.444. The number of benzene rings is 1. The van der Waals surface area contributed by atoms with E-state index in [-0.39, 0.29) is 5.41 Å². The third-order valence-corrected chi connectivity index (χ3v) is 6.34. The molecule has 0 saturated carbocycles. The van der Waals surface area contributed by atoms with Crippen LogP contribution in [0.5, 0.6) is 0 Å². The van der Waals surface area contributed by atoms with Crippen LogP contribution in [0.1, 0.15) is 51.9 Å². The summed E-state index contributed by atoms with van der Waals surface area (Å²) >= 11 is 0. The molecule has 0 amide bonds. The summed E-state index contributed by atoms with van der Waals surface area (Å²) in [6.07, 6.45) is -2.93. The van der Waals surface area contributed by atoms with Gasteiger partial charge in [0.15, 0.2) is 30.1 Å². The van der Waals surface area contributed by atoms with E-state index >= 15 is 0 Å². The van der Waals surface area contributed by atoms with Crippen molar-refractivity contribution in [1.82, 2.24) is 0 Å². The first-order chi connectivity index (χ1) is 15.9. The molecule has 0 aromatic heterocycles. The van der Waals surface area contributed by atoms with E-state index in [1.807, 2.05) is 26.0 Å². The van der Waals surface area contributed by atoms with Crippen molar-refractivity contribution in [3.63, 3.8) is 0 Å². The molecule has 5 atom stereocenters. The van der Waals surface area contributed by atoms with Gasteiger partial charge in [0.05, 0.1) is 12.2 Å². The molecule has 34 heavy (non-hydrogen) atoms. The number of fused-ring (bicyclic) bond motifs is 1. The van der Waals surface area contributed by atoms with E-state index in [4.69, 9.17) is 37.7 Å². The first-order valence-corrected chi connectivity index (χ1v) is 11.8. The van der Waals surface area contributed by atoms with Gasteiger partial charge in [-0.15, -0.1) is 0 Å². The molecule has 9 nitrogen and oxygen atoms in total. The van der Waals surface area contributed by atoms with Crippen LogP contribution in [0, 0.1) is 5.41 Å². The molecule has 0 bridgehead atoms. The number of hydrogen-bond acceptors (Lipinski definition) is 9. The molecule has 5 rings (SSSR count). The molecule has 1 aromatic carbocycles. The average molecular weight is 476 g/mol. The summed E-state index contributed by atoms with van der Waals surface area (Å²) in [5, 5.41) is 0. The van der Waals surface area contributed by atoms with E-state index < -0.39 is 55.4 Å². The van der Waals surface area contributed by atoms with Crippen molar-refractivity contribution in [2.24, 2.45) is 5.41 Å². The van der Waals surface area contributed by atoms with Crippen molar-refractivity contribution in [1.29, 1.82) is 0 Å². The van der Waals surface area contributed by atoms with Crippen molar-refractivity contribution in [2.75, 3.05) is 19.8 Å². The van der Waals surface area contributed by atoms with E-state index in [0.717, 1.165) is 5.46 Å². The highest BCUT2D eigenvalue weighted by Crippen LogP contribution is 2.42. The average Bonchev–Trinajstić information content (AvgIpc) is 3.37. The summed E-state index contributed by atoms with van der Waals surface area (Å²) in [5.41, 5.74) is 1.24. The Labute approximate surface area is 200 Å². The summed E-state index contributed by atoms with van der Waals surface area (Å²) in [6.45, 7) is 13.0. The second-order valence-electron chi connectivity index (χ2n) is 11.0. The second kappa shape index (κ2) is 8.55. The summed E-state index contributed by atoms with van der Waals surface area (Å²) in [5.74, 6) is -2.06. The molecule has 4 fully saturated rings. The maximum atomic E-state index is 13.1. The predicted molar refractivity (Wildman–Crippen MR) is 120 cm³/mol. The van der Waals surface area contributed by atoms with Crippen LogP contribution in [-0.4, -0.2) is 75.2 Å². The third-order valence-electron chi connectivity index (χ3n) is 6.34. The third kappa shape index (κ3) is 4.90. The molecule has 1 aromatic rings. The number of ether oxygens (including phenoxy) is 6. The topological polar surface area (TPSA) is 90.9 Å². The summed E-state index contributed by atoms with van der Waals surface area (Å²) in [6, 6.07) is 7.06. The van der Waals surface area contributed by atoms with Gasteiger partial charge in [-0.25, -0.2) is 4.79 Å². The van der Waals surface area contributed by atoms with Crippen LogP contribution in [-0.2, 0) is 37.7 Å². The molecule has 186 valence electrons. The van der Waals surface area contributed by atoms with Crippen molar-refractivity contribution >= 4 is 18.6 Å². The lowest BCUT2D eigenvalue weighted by Crippen LogP contribution is -2.47. The Bertz CT molecular complexity index is 906. The van der Waals surface area contributed by atoms with Gasteiger partial charge in [-0.1, -0.05) is 26.0 Å². The highest BCUT2D eigenvalue weighted by molar-refractivity contribution is 6.61. The highest BCUT2D eigenvalue weighted by atomic mass is 16.8. The van der Waals surface area contributed by atoms with Crippen molar-refractivity contribution in [3.8, 4) is 0 Å². The molecule has 4 heterocycles. The zero-order chi connectivity index (χ0) is 24.3. The number of carbonyl (C=O) groups is 1. The zero-order valence-corrected chi connectivity index (χ0v) is 20.6. The van der Waals surface area contributed by atoms with Gasteiger partial charge in [0, 0.05) is 18.6 Å². The van der Waals surface area contributed by atoms with Gasteiger partial charge in [-0.05, 0) is 45.3 Å². The van der Waals surface area contributed by atoms with Gasteiger partial charge < -0.3 is 37.7 Å². The van der Waals surface area contributed by atoms with Crippen LogP contribution in [0.4, 0.5) is 0 Å². The minimum Gasteiger partial charge on any atom is -0.453 e. The molecule has 0 spiro atoms. The fraction of sp³-hybridized carbons (Fsp3) is 0.708. The van der Waals surface area contributed by atoms with E-state index in [9.17, 15) is 4.79 Å². The van der Waals surface area contributed by atoms with Crippen LogP contribution in [0.15, 0.2) is 24.3 Å². The lowest BCUT2D eigenvalue weighted by molar-refractivity contribution is -0.232. The van der Waals surface area contributed by atoms with E-state index in [0.29, 0.717) is 25.4 Å². The van der Waals surface area contributed by atoms with Crippen LogP contribution in [0.25, 0.3) is 0 Å². The van der Waals surface area contributed by atoms with Crippen molar-refractivity contribution in [2.45, 2.75) is 83.8 Å². The molecule has 4 aliphatic rings. The van der Waals surface area contributed by atoms with E-state index in [1.54, 1.807) is 26.0 Å². The van der Waals surface area contributed by atoms with Gasteiger partial charge in [0.2, 0.25) is 0 Å². The van der Waals surface area contributed by atoms with Gasteiger partial charge in [0.25, 0.3) is 0 Å². The van der Waals surface area contributed by atoms with E-state index in [1.165, 1.54) is 0 Å². The molecule has 0 N–H and O–H groups in total. The smallest absolute Gasteiger partial charge is 0.453 e. The second-order valence-corrected chi connectivity index (χ2v) is 11.0. The molecule has 10 heteroatoms. The lowest BCUT2D eigenvalue weighted by Gasteiger charge is -2.33. The Morgan fingerprint density at radius 1 is 0.912 bits per heavy atom. The van der Waals surface area contributed by atoms with Crippen molar-refractivity contribution in [3.05, 3.63) is 29.8 Å². The van der Waals surface area contributed by atoms with Crippen molar-refractivity contribution < 1.29 is 42.5 Å². The molecule has 0 aliphatic carbocycles. The van der Waals surface area contributed by atoms with Gasteiger partial charge >= 0.3 is 13.1 Å². The van der Waals surface area contributed by atoms with Crippen LogP contribution in [0.2, 0.25) is 0 Å². The summed E-state index contributed by atoms with van der Waals surface area (Å²) < 4.78 is 47.3. The molecule has 0 unspecified atom stereocenters. The Morgan fingerprint density at radius 3 is 2.21 bits per heavy atom. The molecular weight excluding hydrogens is 443 g/mol. The number of hydrogen-bond donors (Lipinski definition) is 0. The minimum absolute atomic E-state index is 0.0120. The van der Waals surface area contributed by atoms with Crippen LogP contribution in [0.3, 0.4) is 0 Å². The van der Waals surface area contributed by atoms with Crippen LogP contribution >= 0.6 is 0 Å². The van der Waals surface area contributed by atoms with Gasteiger partial charge in [-0.2, -0.15) is 0 Å². The monoisotopic (exact) mass is 476 g/mol. The Kier molecular flexibility index (Phi) is 6.08. The Hall–Kier alpha value is -1.53. The maximum absolute atomic E-state index is 13.1. The first kappa shape index (κ1) is 24.2. The fourth-order valence-corrected chi connectivity index (χ4v) is 4.67. The zero-order valence-electron chi connectivity index (χ0n) is 20.6. The molecule has 4 aliphatic heterocycles. The normalized spacial score (nSPS) is 35.8. The number of carbonyl (C=O) groups excluding carboxylic acids is 1. The Morgan fingerprint density at radius 2 is 1.59 bits per heavy atom. The SMILES string of the molecule is CC1(C)COB(c2ccc(C(=O)O[C@@H]3[C@H]4OC(C)(C)O[C@H]4O[C@@H]3[C@H]3COC(C)(C)O3)cc2)OC1. The quantitative estimate of drug-likeness (QED) is 0.478. The standard InChI is InChI=1S/C24H33BO9/c1-22(2)12-28-25(29-13-22)15-9-7-14(8-10-15)20(26)30-18-17(16-11-27-23(3,4)32-16)31-21-19(18)33-24(5,6)34-21/h7-10,16-19,21H,11-13H2,1-6H3/t16-,17-,18+,19-,21-/m1/s1. The minimum atomic E-state index is -0.840. The molecule has 4 saturated heterocycles. The molecular formula is C24H33BO9. The Balaban J connectivity index is 1.28. The molecule has 0 radical (unpaired) electrons. The number of esters is 1. The van der Waals surface area contributed by atoms with Crippen LogP contribution < -0.4 is 5.46 Å².